The zero-order valence-electron chi connectivity index (χ0n) is 11.0. The van der Waals surface area contributed by atoms with Gasteiger partial charge in [-0.25, -0.2) is 8.42 Å². The summed E-state index contributed by atoms with van der Waals surface area (Å²) in [6.07, 6.45) is 3.07. The van der Waals surface area contributed by atoms with Crippen molar-refractivity contribution in [2.45, 2.75) is 24.8 Å². The van der Waals surface area contributed by atoms with E-state index in [0.717, 1.165) is 0 Å². The summed E-state index contributed by atoms with van der Waals surface area (Å²) in [7, 11) is -3.76. The first-order chi connectivity index (χ1) is 9.29. The van der Waals surface area contributed by atoms with Gasteiger partial charge in [0, 0.05) is 17.9 Å². The van der Waals surface area contributed by atoms with E-state index in [0.29, 0.717) is 11.4 Å². The highest BCUT2D eigenvalue weighted by Crippen LogP contribution is 2.25. The Hall–Kier alpha value is -1.73. The number of sulfonamides is 1. The Morgan fingerprint density at radius 3 is 2.65 bits per heavy atom. The topological polar surface area (TPSA) is 90.0 Å². The summed E-state index contributed by atoms with van der Waals surface area (Å²) < 4.78 is 28.6. The Morgan fingerprint density at radius 2 is 2.10 bits per heavy atom. The predicted molar refractivity (Wildman–Crippen MR) is 79.3 cm³/mol. The number of aromatic nitrogens is 2. The molecule has 0 bridgehead atoms. The number of nitrogens with two attached hydrogens (primary N) is 1. The molecular weight excluding hydrogens is 300 g/mol. The largest absolute Gasteiger partial charge is 0.399 e. The Kier molecular flexibility index (Phi) is 3.92. The van der Waals surface area contributed by atoms with E-state index in [1.807, 2.05) is 13.8 Å². The summed E-state index contributed by atoms with van der Waals surface area (Å²) in [5.74, 6) is 0. The van der Waals surface area contributed by atoms with Crippen LogP contribution in [0.4, 0.5) is 11.4 Å². The number of nitrogen functional groups attached to an aromatic ring is 1. The van der Waals surface area contributed by atoms with E-state index >= 15 is 0 Å². The van der Waals surface area contributed by atoms with Crippen molar-refractivity contribution in [1.29, 1.82) is 0 Å². The standard InChI is InChI=1S/C12H15ClN4O2S/c1-8(2)17-7-10(6-15-17)16-20(18,19)12-4-3-9(14)5-11(12)13/h3-8,16H,14H2,1-2H3. The van der Waals surface area contributed by atoms with Crippen molar-refractivity contribution >= 4 is 33.0 Å². The number of anilines is 2. The molecular formula is C12H15ClN4O2S. The molecule has 0 radical (unpaired) electrons. The third-order valence-electron chi connectivity index (χ3n) is 2.63. The van der Waals surface area contributed by atoms with E-state index in [9.17, 15) is 8.42 Å². The first-order valence-corrected chi connectivity index (χ1v) is 7.78. The van der Waals surface area contributed by atoms with Crippen LogP contribution in [-0.4, -0.2) is 18.2 Å². The fraction of sp³-hybridized carbons (Fsp3) is 0.250. The predicted octanol–water partition coefficient (Wildman–Crippen LogP) is 2.50. The van der Waals surface area contributed by atoms with E-state index in [2.05, 4.69) is 9.82 Å². The monoisotopic (exact) mass is 314 g/mol. The maximum atomic E-state index is 12.2. The highest BCUT2D eigenvalue weighted by molar-refractivity contribution is 7.92. The second-order valence-electron chi connectivity index (χ2n) is 4.60. The zero-order valence-corrected chi connectivity index (χ0v) is 12.6. The van der Waals surface area contributed by atoms with Crippen LogP contribution in [0.1, 0.15) is 19.9 Å². The average molecular weight is 315 g/mol. The van der Waals surface area contributed by atoms with Crippen LogP contribution in [0.5, 0.6) is 0 Å². The minimum absolute atomic E-state index is 0.0225. The number of hydrogen-bond donors (Lipinski definition) is 2. The maximum Gasteiger partial charge on any atom is 0.263 e. The van der Waals surface area contributed by atoms with Crippen LogP contribution >= 0.6 is 11.6 Å². The molecule has 0 atom stereocenters. The van der Waals surface area contributed by atoms with Gasteiger partial charge in [0.2, 0.25) is 0 Å². The van der Waals surface area contributed by atoms with E-state index in [-0.39, 0.29) is 16.0 Å². The molecule has 0 aliphatic rings. The van der Waals surface area contributed by atoms with E-state index in [4.69, 9.17) is 17.3 Å². The van der Waals surface area contributed by atoms with Crippen LogP contribution < -0.4 is 10.5 Å². The number of rotatable bonds is 4. The van der Waals surface area contributed by atoms with E-state index in [1.165, 1.54) is 24.4 Å². The smallest absolute Gasteiger partial charge is 0.263 e. The van der Waals surface area contributed by atoms with Crippen LogP contribution in [0.25, 0.3) is 0 Å². The molecule has 6 nitrogen and oxygen atoms in total. The molecule has 8 heteroatoms. The number of halogens is 1. The molecule has 3 N–H and O–H groups in total. The molecule has 1 aromatic carbocycles. The SMILES string of the molecule is CC(C)n1cc(NS(=O)(=O)c2ccc(N)cc2Cl)cn1. The molecule has 0 unspecified atom stereocenters. The van der Waals surface area contributed by atoms with Crippen molar-refractivity contribution in [2.24, 2.45) is 0 Å². The maximum absolute atomic E-state index is 12.2. The molecule has 0 spiro atoms. The number of benzene rings is 1. The lowest BCUT2D eigenvalue weighted by atomic mass is 10.3. The Balaban J connectivity index is 2.30. The molecule has 2 aromatic rings. The van der Waals surface area contributed by atoms with Crippen molar-refractivity contribution in [1.82, 2.24) is 9.78 Å². The van der Waals surface area contributed by atoms with Gasteiger partial charge in [0.05, 0.1) is 16.9 Å². The first-order valence-electron chi connectivity index (χ1n) is 5.91. The Labute approximate surface area is 122 Å². The third kappa shape index (κ3) is 3.05. The zero-order chi connectivity index (χ0) is 14.9. The summed E-state index contributed by atoms with van der Waals surface area (Å²) in [6, 6.07) is 4.40. The fourth-order valence-corrected chi connectivity index (χ4v) is 3.20. The van der Waals surface area contributed by atoms with Gasteiger partial charge in [-0.15, -0.1) is 0 Å². The second-order valence-corrected chi connectivity index (χ2v) is 6.66. The number of hydrogen-bond acceptors (Lipinski definition) is 4. The molecule has 2 rings (SSSR count). The Bertz CT molecular complexity index is 725. The summed E-state index contributed by atoms with van der Waals surface area (Å²) in [6.45, 7) is 3.89. The van der Waals surface area contributed by atoms with Crippen molar-refractivity contribution in [3.63, 3.8) is 0 Å². The van der Waals surface area contributed by atoms with Gasteiger partial charge in [-0.3, -0.25) is 9.40 Å². The summed E-state index contributed by atoms with van der Waals surface area (Å²) in [5.41, 5.74) is 6.33. The quantitative estimate of drug-likeness (QED) is 0.848. The molecule has 0 aliphatic carbocycles. The van der Waals surface area contributed by atoms with Gasteiger partial charge >= 0.3 is 0 Å². The molecule has 0 aliphatic heterocycles. The second kappa shape index (κ2) is 5.34. The van der Waals surface area contributed by atoms with Gasteiger partial charge < -0.3 is 5.73 Å². The van der Waals surface area contributed by atoms with E-state index < -0.39 is 10.0 Å². The first kappa shape index (κ1) is 14.7. The lowest BCUT2D eigenvalue weighted by molar-refractivity contribution is 0.532. The van der Waals surface area contributed by atoms with Crippen LogP contribution in [0.15, 0.2) is 35.5 Å². The molecule has 20 heavy (non-hydrogen) atoms. The van der Waals surface area contributed by atoms with Gasteiger partial charge in [0.15, 0.2) is 0 Å². The van der Waals surface area contributed by atoms with Gasteiger partial charge in [-0.05, 0) is 32.0 Å². The lowest BCUT2D eigenvalue weighted by Crippen LogP contribution is -2.13. The highest BCUT2D eigenvalue weighted by Gasteiger charge is 2.19. The van der Waals surface area contributed by atoms with E-state index in [1.54, 1.807) is 10.9 Å². The van der Waals surface area contributed by atoms with Crippen LogP contribution in [0.2, 0.25) is 5.02 Å². The average Bonchev–Trinajstić information content (AvgIpc) is 2.76. The van der Waals surface area contributed by atoms with Gasteiger partial charge in [-0.2, -0.15) is 5.10 Å². The molecule has 108 valence electrons. The Morgan fingerprint density at radius 1 is 1.40 bits per heavy atom. The lowest BCUT2D eigenvalue weighted by Gasteiger charge is -2.08. The molecule has 0 fully saturated rings. The van der Waals surface area contributed by atoms with Crippen LogP contribution in [-0.2, 0) is 10.0 Å². The van der Waals surface area contributed by atoms with Crippen LogP contribution in [0.3, 0.4) is 0 Å². The van der Waals surface area contributed by atoms with Crippen LogP contribution in [0, 0.1) is 0 Å². The molecule has 0 amide bonds. The normalized spacial score (nSPS) is 11.8. The minimum Gasteiger partial charge on any atom is -0.399 e. The van der Waals surface area contributed by atoms with Gasteiger partial charge in [-0.1, -0.05) is 11.6 Å². The number of nitrogens with zero attached hydrogens (tertiary/aromatic N) is 2. The van der Waals surface area contributed by atoms with Gasteiger partial charge in [0.25, 0.3) is 10.0 Å². The van der Waals surface area contributed by atoms with Crippen molar-refractivity contribution in [3.05, 3.63) is 35.6 Å². The van der Waals surface area contributed by atoms with Crippen molar-refractivity contribution < 1.29 is 8.42 Å². The molecule has 1 heterocycles. The van der Waals surface area contributed by atoms with Gasteiger partial charge in [0.1, 0.15) is 4.90 Å². The summed E-state index contributed by atoms with van der Waals surface area (Å²) in [5, 5.41) is 4.14. The molecule has 0 saturated heterocycles. The summed E-state index contributed by atoms with van der Waals surface area (Å²) in [4.78, 5) is -0.0225. The van der Waals surface area contributed by atoms with Crippen molar-refractivity contribution in [2.75, 3.05) is 10.5 Å². The van der Waals surface area contributed by atoms with Crippen molar-refractivity contribution in [3.8, 4) is 0 Å². The third-order valence-corrected chi connectivity index (χ3v) is 4.49. The fourth-order valence-electron chi connectivity index (χ4n) is 1.62. The molecule has 1 aromatic heterocycles. The summed E-state index contributed by atoms with van der Waals surface area (Å²) >= 11 is 5.92. The highest BCUT2D eigenvalue weighted by atomic mass is 35.5. The molecule has 0 saturated carbocycles. The minimum atomic E-state index is -3.76. The number of nitrogens with one attached hydrogen (secondary N) is 1.